The van der Waals surface area contributed by atoms with Crippen molar-refractivity contribution >= 4 is 22.2 Å². The molecular formula is C23H20FN3O2. The van der Waals surface area contributed by atoms with Crippen molar-refractivity contribution in [1.29, 1.82) is 0 Å². The third-order valence-corrected chi connectivity index (χ3v) is 5.74. The number of rotatable bonds is 3. The highest BCUT2D eigenvalue weighted by atomic mass is 19.1. The van der Waals surface area contributed by atoms with E-state index in [9.17, 15) is 14.3 Å². The van der Waals surface area contributed by atoms with Crippen LogP contribution in [0.3, 0.4) is 0 Å². The quantitative estimate of drug-likeness (QED) is 0.578. The molecule has 1 aliphatic heterocycles. The van der Waals surface area contributed by atoms with Gasteiger partial charge in [0.15, 0.2) is 0 Å². The Morgan fingerprint density at radius 3 is 2.69 bits per heavy atom. The Hall–Kier alpha value is -3.25. The van der Waals surface area contributed by atoms with E-state index in [2.05, 4.69) is 4.98 Å². The molecule has 0 saturated carbocycles. The average Bonchev–Trinajstić information content (AvgIpc) is 3.40. The zero-order valence-electron chi connectivity index (χ0n) is 15.8. The zero-order chi connectivity index (χ0) is 20.0. The van der Waals surface area contributed by atoms with Crippen LogP contribution in [0.5, 0.6) is 0 Å². The molecule has 146 valence electrons. The van der Waals surface area contributed by atoms with E-state index in [1.54, 1.807) is 39.9 Å². The highest BCUT2D eigenvalue weighted by Crippen LogP contribution is 2.31. The van der Waals surface area contributed by atoms with Crippen molar-refractivity contribution in [2.75, 3.05) is 13.2 Å². The highest BCUT2D eigenvalue weighted by Gasteiger charge is 2.30. The van der Waals surface area contributed by atoms with Crippen LogP contribution in [0, 0.1) is 5.82 Å². The molecule has 1 aliphatic rings. The molecular weight excluding hydrogens is 369 g/mol. The van der Waals surface area contributed by atoms with E-state index in [1.807, 2.05) is 24.3 Å². The van der Waals surface area contributed by atoms with E-state index in [-0.39, 0.29) is 24.4 Å². The number of carbonyl (C=O) groups is 1. The molecule has 1 unspecified atom stereocenters. The first kappa shape index (κ1) is 17.8. The summed E-state index contributed by atoms with van der Waals surface area (Å²) >= 11 is 0. The fraction of sp³-hybridized carbons (Fsp3) is 0.217. The Morgan fingerprint density at radius 1 is 1.14 bits per heavy atom. The maximum atomic E-state index is 14.4. The first-order valence-corrected chi connectivity index (χ1v) is 9.74. The molecule has 4 aromatic rings. The van der Waals surface area contributed by atoms with Crippen molar-refractivity contribution in [2.24, 2.45) is 0 Å². The van der Waals surface area contributed by atoms with Gasteiger partial charge < -0.3 is 10.0 Å². The molecule has 1 N–H and O–H groups in total. The molecule has 1 atom stereocenters. The second-order valence-electron chi connectivity index (χ2n) is 7.38. The number of hydrogen-bond donors (Lipinski definition) is 1. The summed E-state index contributed by atoms with van der Waals surface area (Å²) in [5, 5.41) is 11.4. The Morgan fingerprint density at radius 2 is 1.90 bits per heavy atom. The van der Waals surface area contributed by atoms with Crippen LogP contribution >= 0.6 is 0 Å². The smallest absolute Gasteiger partial charge is 0.256 e. The number of hydrogen-bond acceptors (Lipinski definition) is 3. The molecule has 0 radical (unpaired) electrons. The molecule has 2 aromatic heterocycles. The lowest BCUT2D eigenvalue weighted by Crippen LogP contribution is -2.37. The van der Waals surface area contributed by atoms with Gasteiger partial charge in [0.25, 0.3) is 5.91 Å². The summed E-state index contributed by atoms with van der Waals surface area (Å²) < 4.78 is 16.2. The molecule has 6 heteroatoms. The minimum Gasteiger partial charge on any atom is -0.394 e. The highest BCUT2D eigenvalue weighted by molar-refractivity contribution is 6.11. The second kappa shape index (κ2) is 6.97. The Kier molecular flexibility index (Phi) is 4.28. The molecule has 1 saturated heterocycles. The summed E-state index contributed by atoms with van der Waals surface area (Å²) in [7, 11) is 0. The van der Waals surface area contributed by atoms with Crippen molar-refractivity contribution in [2.45, 2.75) is 18.9 Å². The summed E-state index contributed by atoms with van der Waals surface area (Å²) in [6, 6.07) is 14.0. The lowest BCUT2D eigenvalue weighted by molar-refractivity contribution is 0.0679. The fourth-order valence-electron chi connectivity index (χ4n) is 4.29. The Bertz CT molecular complexity index is 1230. The Labute approximate surface area is 167 Å². The number of nitrogens with zero attached hydrogens (tertiary/aromatic N) is 3. The average molecular weight is 389 g/mol. The summed E-state index contributed by atoms with van der Waals surface area (Å²) in [6.07, 6.45) is 5.14. The van der Waals surface area contributed by atoms with Gasteiger partial charge in [-0.15, -0.1) is 0 Å². The number of benzene rings is 2. The first-order chi connectivity index (χ1) is 14.2. The van der Waals surface area contributed by atoms with E-state index in [4.69, 9.17) is 0 Å². The van der Waals surface area contributed by atoms with E-state index in [0.29, 0.717) is 23.5 Å². The van der Waals surface area contributed by atoms with E-state index >= 15 is 0 Å². The SMILES string of the molecule is O=C(c1cn2c(-c3ccccc3F)ncc2c2ccccc12)N1CCCC1CO. The maximum absolute atomic E-state index is 14.4. The van der Waals surface area contributed by atoms with Crippen LogP contribution in [0.2, 0.25) is 0 Å². The number of pyridine rings is 1. The largest absolute Gasteiger partial charge is 0.394 e. The lowest BCUT2D eigenvalue weighted by atomic mass is 10.0. The minimum absolute atomic E-state index is 0.0442. The van der Waals surface area contributed by atoms with Gasteiger partial charge >= 0.3 is 0 Å². The zero-order valence-corrected chi connectivity index (χ0v) is 15.8. The van der Waals surface area contributed by atoms with Crippen LogP contribution in [0.1, 0.15) is 23.2 Å². The van der Waals surface area contributed by atoms with Gasteiger partial charge in [-0.1, -0.05) is 36.4 Å². The molecule has 29 heavy (non-hydrogen) atoms. The van der Waals surface area contributed by atoms with Crippen molar-refractivity contribution < 1.29 is 14.3 Å². The van der Waals surface area contributed by atoms with Gasteiger partial charge in [0, 0.05) is 18.1 Å². The normalized spacial score (nSPS) is 16.8. The molecule has 1 amide bonds. The van der Waals surface area contributed by atoms with Gasteiger partial charge in [-0.3, -0.25) is 9.20 Å². The molecule has 2 aromatic carbocycles. The predicted molar refractivity (Wildman–Crippen MR) is 109 cm³/mol. The predicted octanol–water partition coefficient (Wildman–Crippen LogP) is 3.89. The number of aromatic nitrogens is 2. The minimum atomic E-state index is -0.360. The molecule has 0 spiro atoms. The molecule has 3 heterocycles. The lowest BCUT2D eigenvalue weighted by Gasteiger charge is -2.24. The van der Waals surface area contributed by atoms with E-state index in [1.165, 1.54) is 6.07 Å². The third-order valence-electron chi connectivity index (χ3n) is 5.74. The molecule has 5 rings (SSSR count). The van der Waals surface area contributed by atoms with E-state index in [0.717, 1.165) is 29.1 Å². The topological polar surface area (TPSA) is 57.8 Å². The van der Waals surface area contributed by atoms with Gasteiger partial charge in [-0.25, -0.2) is 9.37 Å². The third kappa shape index (κ3) is 2.79. The molecule has 0 bridgehead atoms. The monoisotopic (exact) mass is 389 g/mol. The summed E-state index contributed by atoms with van der Waals surface area (Å²) in [6.45, 7) is 0.581. The summed E-state index contributed by atoms with van der Waals surface area (Å²) in [4.78, 5) is 19.6. The van der Waals surface area contributed by atoms with Crippen LogP contribution in [0.15, 0.2) is 60.9 Å². The summed E-state index contributed by atoms with van der Waals surface area (Å²) in [5.74, 6) is -0.0215. The number of amides is 1. The molecule has 5 nitrogen and oxygen atoms in total. The standard InChI is InChI=1S/C23H20FN3O2/c24-20-10-4-3-9-18(20)22-25-12-21-17-8-2-1-7-16(17)19(13-27(21)22)23(29)26-11-5-6-15(26)14-28/h1-4,7-10,12-13,15,28H,5-6,11,14H2. The van der Waals surface area contributed by atoms with Crippen LogP contribution in [0.4, 0.5) is 4.39 Å². The van der Waals surface area contributed by atoms with Gasteiger partial charge in [0.1, 0.15) is 11.6 Å². The molecule has 1 fully saturated rings. The number of likely N-dealkylation sites (tertiary alicyclic amines) is 1. The van der Waals surface area contributed by atoms with Crippen LogP contribution in [0.25, 0.3) is 27.7 Å². The second-order valence-corrected chi connectivity index (χ2v) is 7.38. The maximum Gasteiger partial charge on any atom is 0.256 e. The summed E-state index contributed by atoms with van der Waals surface area (Å²) in [5.41, 5.74) is 1.73. The van der Waals surface area contributed by atoms with Gasteiger partial charge in [0.2, 0.25) is 0 Å². The van der Waals surface area contributed by atoms with E-state index < -0.39 is 0 Å². The number of carbonyl (C=O) groups excluding carboxylic acids is 1. The number of aliphatic hydroxyl groups is 1. The van der Waals surface area contributed by atoms with Crippen molar-refractivity contribution in [3.05, 3.63) is 72.3 Å². The number of imidazole rings is 1. The number of fused-ring (bicyclic) bond motifs is 3. The van der Waals surface area contributed by atoms with Gasteiger partial charge in [-0.2, -0.15) is 0 Å². The first-order valence-electron chi connectivity index (χ1n) is 9.74. The van der Waals surface area contributed by atoms with Gasteiger partial charge in [0.05, 0.1) is 35.5 Å². The van der Waals surface area contributed by atoms with Gasteiger partial charge in [-0.05, 0) is 30.4 Å². The number of aliphatic hydroxyl groups excluding tert-OH is 1. The van der Waals surface area contributed by atoms with Crippen LogP contribution in [-0.2, 0) is 0 Å². The molecule has 0 aliphatic carbocycles. The fourth-order valence-corrected chi connectivity index (χ4v) is 4.29. The van der Waals surface area contributed by atoms with Crippen LogP contribution < -0.4 is 0 Å². The Balaban J connectivity index is 1.76. The number of halogens is 1. The van der Waals surface area contributed by atoms with Crippen LogP contribution in [-0.4, -0.2) is 44.5 Å². The van der Waals surface area contributed by atoms with Crippen molar-refractivity contribution in [3.8, 4) is 11.4 Å². The van der Waals surface area contributed by atoms with Crippen molar-refractivity contribution in [3.63, 3.8) is 0 Å². The van der Waals surface area contributed by atoms with Crippen molar-refractivity contribution in [1.82, 2.24) is 14.3 Å².